The summed E-state index contributed by atoms with van der Waals surface area (Å²) in [7, 11) is -1.82. The Morgan fingerprint density at radius 2 is 1.81 bits per heavy atom. The number of aliphatic hydroxyl groups is 1. The van der Waals surface area contributed by atoms with Gasteiger partial charge in [0.1, 0.15) is 6.10 Å². The predicted octanol–water partition coefficient (Wildman–Crippen LogP) is 2.49. The first-order valence-corrected chi connectivity index (χ1v) is 10.6. The average molecular weight is 318 g/mol. The first-order chi connectivity index (χ1) is 9.47. The molecule has 6 heteroatoms. The molecule has 2 aliphatic heterocycles. The molecule has 0 saturated carbocycles. The molecule has 1 unspecified atom stereocenters. The monoisotopic (exact) mass is 318 g/mol. The van der Waals surface area contributed by atoms with E-state index in [0.717, 1.165) is 0 Å². The van der Waals surface area contributed by atoms with Crippen LogP contribution in [-0.2, 0) is 18.6 Å². The van der Waals surface area contributed by atoms with Gasteiger partial charge in [0.2, 0.25) is 0 Å². The Hall–Kier alpha value is 0.0169. The maximum Gasteiger partial charge on any atom is 0.192 e. The topological polar surface area (TPSA) is 57.2 Å². The number of hydrogen-bond acceptors (Lipinski definition) is 5. The maximum atomic E-state index is 9.68. The largest absolute Gasteiger partial charge is 0.414 e. The molecule has 1 N–H and O–H groups in total. The summed E-state index contributed by atoms with van der Waals surface area (Å²) in [5.74, 6) is -0.741. The Bertz CT molecular complexity index is 377. The van der Waals surface area contributed by atoms with E-state index < -0.39 is 20.4 Å². The molecule has 2 aliphatic rings. The van der Waals surface area contributed by atoms with Gasteiger partial charge >= 0.3 is 0 Å². The van der Waals surface area contributed by atoms with Crippen LogP contribution in [0.15, 0.2) is 0 Å². The molecule has 2 saturated heterocycles. The third kappa shape index (κ3) is 3.51. The van der Waals surface area contributed by atoms with Gasteiger partial charge in [-0.25, -0.2) is 0 Å². The molecule has 2 heterocycles. The molecular weight excluding hydrogens is 288 g/mol. The molecule has 0 amide bonds. The van der Waals surface area contributed by atoms with Crippen LogP contribution in [0.4, 0.5) is 0 Å². The van der Waals surface area contributed by atoms with Crippen molar-refractivity contribution in [2.24, 2.45) is 5.92 Å². The number of fused-ring (bicyclic) bond motifs is 1. The van der Waals surface area contributed by atoms with Gasteiger partial charge in [0.05, 0.1) is 19.3 Å². The van der Waals surface area contributed by atoms with Gasteiger partial charge in [-0.3, -0.25) is 0 Å². The Morgan fingerprint density at radius 1 is 1.19 bits per heavy atom. The lowest BCUT2D eigenvalue weighted by Gasteiger charge is -2.37. The van der Waals surface area contributed by atoms with Crippen LogP contribution >= 0.6 is 0 Å². The van der Waals surface area contributed by atoms with Crippen molar-refractivity contribution in [3.8, 4) is 0 Å². The highest BCUT2D eigenvalue weighted by atomic mass is 28.4. The Kier molecular flexibility index (Phi) is 4.62. The fourth-order valence-corrected chi connectivity index (χ4v) is 3.54. The summed E-state index contributed by atoms with van der Waals surface area (Å²) in [5, 5.41) is 9.84. The number of ether oxygens (including phenoxy) is 3. The lowest BCUT2D eigenvalue weighted by Crippen LogP contribution is -2.44. The quantitative estimate of drug-likeness (QED) is 0.807. The third-order valence-corrected chi connectivity index (χ3v) is 9.42. The summed E-state index contributed by atoms with van der Waals surface area (Å²) in [6.45, 7) is 15.3. The minimum atomic E-state index is -1.82. The summed E-state index contributed by atoms with van der Waals surface area (Å²) in [4.78, 5) is 0. The number of hydrogen-bond donors (Lipinski definition) is 1. The van der Waals surface area contributed by atoms with Gasteiger partial charge in [-0.1, -0.05) is 20.8 Å². The normalized spacial score (nSPS) is 36.0. The lowest BCUT2D eigenvalue weighted by atomic mass is 10.0. The zero-order chi connectivity index (χ0) is 16.1. The second-order valence-corrected chi connectivity index (χ2v) is 12.9. The standard InChI is InChI=1S/C15H30O5Si/c1-14(2,3)21(6,7)17-9-11-10(8-16)12-13(18-11)20-15(4,5)19-12/h10-13,16H,8-9H2,1-7H3/t10-,11+,12+,13?/m0/s1. The van der Waals surface area contributed by atoms with Crippen LogP contribution in [0.25, 0.3) is 0 Å². The Morgan fingerprint density at radius 3 is 2.33 bits per heavy atom. The summed E-state index contributed by atoms with van der Waals surface area (Å²) < 4.78 is 23.7. The van der Waals surface area contributed by atoms with E-state index in [2.05, 4.69) is 33.9 Å². The fraction of sp³-hybridized carbons (Fsp3) is 1.00. The van der Waals surface area contributed by atoms with E-state index in [-0.39, 0.29) is 29.8 Å². The van der Waals surface area contributed by atoms with Crippen molar-refractivity contribution in [1.82, 2.24) is 0 Å². The smallest absolute Gasteiger partial charge is 0.192 e. The second-order valence-electron chi connectivity index (χ2n) is 8.06. The SMILES string of the molecule is CC1(C)OC2O[C@H](CO[Si](C)(C)C(C)(C)C)[C@H](CO)[C@H]2O1. The first kappa shape index (κ1) is 17.4. The average Bonchev–Trinajstić information content (AvgIpc) is 2.76. The molecule has 0 aromatic carbocycles. The van der Waals surface area contributed by atoms with E-state index in [1.807, 2.05) is 13.8 Å². The summed E-state index contributed by atoms with van der Waals surface area (Å²) in [6, 6.07) is 0. The molecule has 5 nitrogen and oxygen atoms in total. The molecule has 0 spiro atoms. The van der Waals surface area contributed by atoms with Crippen LogP contribution in [0.5, 0.6) is 0 Å². The van der Waals surface area contributed by atoms with Gasteiger partial charge < -0.3 is 23.7 Å². The highest BCUT2D eigenvalue weighted by Crippen LogP contribution is 2.42. The van der Waals surface area contributed by atoms with Crippen molar-refractivity contribution < 1.29 is 23.7 Å². The van der Waals surface area contributed by atoms with Gasteiger partial charge in [0.15, 0.2) is 20.4 Å². The molecule has 124 valence electrons. The van der Waals surface area contributed by atoms with Crippen molar-refractivity contribution in [2.75, 3.05) is 13.2 Å². The van der Waals surface area contributed by atoms with Crippen molar-refractivity contribution in [1.29, 1.82) is 0 Å². The predicted molar refractivity (Wildman–Crippen MR) is 82.4 cm³/mol. The highest BCUT2D eigenvalue weighted by Gasteiger charge is 2.54. The number of rotatable bonds is 4. The fourth-order valence-electron chi connectivity index (χ4n) is 2.53. The molecule has 4 atom stereocenters. The van der Waals surface area contributed by atoms with Crippen molar-refractivity contribution in [3.05, 3.63) is 0 Å². The maximum absolute atomic E-state index is 9.68. The highest BCUT2D eigenvalue weighted by molar-refractivity contribution is 6.74. The molecule has 21 heavy (non-hydrogen) atoms. The minimum absolute atomic E-state index is 0.0200. The van der Waals surface area contributed by atoms with E-state index in [9.17, 15) is 5.11 Å². The van der Waals surface area contributed by atoms with Crippen LogP contribution in [-0.4, -0.2) is 50.9 Å². The van der Waals surface area contributed by atoms with Crippen molar-refractivity contribution >= 4 is 8.32 Å². The van der Waals surface area contributed by atoms with Crippen LogP contribution in [0.2, 0.25) is 18.1 Å². The Labute approximate surface area is 129 Å². The molecule has 2 fully saturated rings. The van der Waals surface area contributed by atoms with Gasteiger partial charge in [-0.2, -0.15) is 0 Å². The molecular formula is C15H30O5Si. The van der Waals surface area contributed by atoms with Crippen molar-refractivity contribution in [2.45, 2.75) is 77.0 Å². The van der Waals surface area contributed by atoms with Gasteiger partial charge in [0.25, 0.3) is 0 Å². The van der Waals surface area contributed by atoms with Crippen LogP contribution in [0.1, 0.15) is 34.6 Å². The summed E-state index contributed by atoms with van der Waals surface area (Å²) in [5.41, 5.74) is 0. The summed E-state index contributed by atoms with van der Waals surface area (Å²) in [6.07, 6.45) is -0.779. The van der Waals surface area contributed by atoms with E-state index in [1.54, 1.807) is 0 Å². The van der Waals surface area contributed by atoms with Gasteiger partial charge in [0, 0.05) is 5.92 Å². The van der Waals surface area contributed by atoms with Crippen LogP contribution in [0, 0.1) is 5.92 Å². The Balaban J connectivity index is 1.97. The molecule has 0 aromatic rings. The zero-order valence-electron chi connectivity index (χ0n) is 14.3. The lowest BCUT2D eigenvalue weighted by molar-refractivity contribution is -0.214. The van der Waals surface area contributed by atoms with Crippen LogP contribution in [0.3, 0.4) is 0 Å². The first-order valence-electron chi connectivity index (χ1n) is 7.73. The second kappa shape index (κ2) is 5.58. The van der Waals surface area contributed by atoms with E-state index in [1.165, 1.54) is 0 Å². The zero-order valence-corrected chi connectivity index (χ0v) is 15.3. The molecule has 0 aromatic heterocycles. The van der Waals surface area contributed by atoms with Gasteiger partial charge in [-0.15, -0.1) is 0 Å². The molecule has 0 bridgehead atoms. The molecule has 0 radical (unpaired) electrons. The van der Waals surface area contributed by atoms with Crippen molar-refractivity contribution in [3.63, 3.8) is 0 Å². The minimum Gasteiger partial charge on any atom is -0.414 e. The van der Waals surface area contributed by atoms with E-state index >= 15 is 0 Å². The van der Waals surface area contributed by atoms with Crippen LogP contribution < -0.4 is 0 Å². The molecule has 0 aliphatic carbocycles. The van der Waals surface area contributed by atoms with E-state index in [4.69, 9.17) is 18.6 Å². The summed E-state index contributed by atoms with van der Waals surface area (Å²) >= 11 is 0. The van der Waals surface area contributed by atoms with E-state index in [0.29, 0.717) is 6.61 Å². The van der Waals surface area contributed by atoms with Gasteiger partial charge in [-0.05, 0) is 32.0 Å². The third-order valence-electron chi connectivity index (χ3n) is 4.92. The molecule has 2 rings (SSSR count). The number of aliphatic hydroxyl groups excluding tert-OH is 1.